The number of nitrogens with one attached hydrogen (secondary N) is 1. The Balaban J connectivity index is 2.05. The van der Waals surface area contributed by atoms with Crippen molar-refractivity contribution in [3.8, 4) is 0 Å². The van der Waals surface area contributed by atoms with Gasteiger partial charge in [-0.2, -0.15) is 0 Å². The van der Waals surface area contributed by atoms with Gasteiger partial charge in [0.2, 0.25) is 0 Å². The molecule has 1 N–H and O–H groups in total. The van der Waals surface area contributed by atoms with Crippen LogP contribution < -0.4 is 5.32 Å². The minimum atomic E-state index is -0.227. The summed E-state index contributed by atoms with van der Waals surface area (Å²) in [4.78, 5) is 3.44. The summed E-state index contributed by atoms with van der Waals surface area (Å²) in [7, 11) is 0. The van der Waals surface area contributed by atoms with Gasteiger partial charge in [-0.3, -0.25) is 4.90 Å². The molecule has 0 radical (unpaired) electrons. The van der Waals surface area contributed by atoms with Crippen LogP contribution in [0.3, 0.4) is 0 Å². The Hall–Kier alpha value is -0.940. The fraction of sp³-hybridized carbons (Fsp3) is 0.333. The van der Waals surface area contributed by atoms with Crippen LogP contribution >= 0.6 is 22.9 Å². The zero-order valence-corrected chi connectivity index (χ0v) is 12.6. The number of nitrogens with zero attached hydrogens (tertiary/aromatic N) is 1. The minimum Gasteiger partial charge on any atom is -0.314 e. The maximum Gasteiger partial charge on any atom is 0.129 e. The van der Waals surface area contributed by atoms with Crippen molar-refractivity contribution in [1.82, 2.24) is 10.2 Å². The van der Waals surface area contributed by atoms with Crippen molar-refractivity contribution < 1.29 is 4.39 Å². The zero-order chi connectivity index (χ0) is 13.9. The number of benzene rings is 1. The third-order valence-corrected chi connectivity index (χ3v) is 4.86. The van der Waals surface area contributed by atoms with E-state index in [1.165, 1.54) is 6.07 Å². The van der Waals surface area contributed by atoms with Crippen molar-refractivity contribution >= 4 is 22.9 Å². The van der Waals surface area contributed by atoms with E-state index in [4.69, 9.17) is 11.6 Å². The number of thiophene rings is 1. The predicted octanol–water partition coefficient (Wildman–Crippen LogP) is 3.54. The van der Waals surface area contributed by atoms with Crippen molar-refractivity contribution in [2.75, 3.05) is 26.2 Å². The van der Waals surface area contributed by atoms with Gasteiger partial charge in [-0.25, -0.2) is 4.39 Å². The van der Waals surface area contributed by atoms with Crippen LogP contribution in [0.25, 0.3) is 0 Å². The molecule has 2 aromatic rings. The van der Waals surface area contributed by atoms with Crippen LogP contribution in [0, 0.1) is 5.82 Å². The summed E-state index contributed by atoms with van der Waals surface area (Å²) < 4.78 is 14.3. The Morgan fingerprint density at radius 3 is 2.65 bits per heavy atom. The second-order valence-corrected chi connectivity index (χ2v) is 6.23. The first kappa shape index (κ1) is 14.0. The molecule has 0 amide bonds. The molecule has 1 aromatic carbocycles. The fourth-order valence-electron chi connectivity index (χ4n) is 2.66. The van der Waals surface area contributed by atoms with E-state index in [0.29, 0.717) is 10.6 Å². The highest BCUT2D eigenvalue weighted by molar-refractivity contribution is 7.10. The molecule has 1 aliphatic rings. The van der Waals surface area contributed by atoms with Crippen LogP contribution in [-0.2, 0) is 0 Å². The normalized spacial score (nSPS) is 18.1. The molecule has 0 unspecified atom stereocenters. The molecule has 5 heteroatoms. The van der Waals surface area contributed by atoms with Crippen LogP contribution in [0.4, 0.5) is 4.39 Å². The molecule has 106 valence electrons. The molecule has 2 heterocycles. The van der Waals surface area contributed by atoms with E-state index in [1.807, 2.05) is 11.4 Å². The van der Waals surface area contributed by atoms with Crippen LogP contribution in [0.5, 0.6) is 0 Å². The highest BCUT2D eigenvalue weighted by atomic mass is 35.5. The van der Waals surface area contributed by atoms with E-state index in [9.17, 15) is 4.39 Å². The van der Waals surface area contributed by atoms with Gasteiger partial charge >= 0.3 is 0 Å². The van der Waals surface area contributed by atoms with E-state index in [-0.39, 0.29) is 11.9 Å². The first-order valence-electron chi connectivity index (χ1n) is 6.69. The summed E-state index contributed by atoms with van der Waals surface area (Å²) in [6.07, 6.45) is 0. The number of halogens is 2. The maximum atomic E-state index is 14.3. The summed E-state index contributed by atoms with van der Waals surface area (Å²) in [5, 5.41) is 5.86. The topological polar surface area (TPSA) is 15.3 Å². The lowest BCUT2D eigenvalue weighted by molar-refractivity contribution is 0.197. The molecule has 1 aromatic heterocycles. The maximum absolute atomic E-state index is 14.3. The molecule has 0 spiro atoms. The molecule has 0 aliphatic carbocycles. The SMILES string of the molecule is Fc1cccc(Cl)c1[C@H](c1cccs1)N1CCNCC1. The standard InChI is InChI=1S/C15H16ClFN2S/c16-11-3-1-4-12(17)14(11)15(13-5-2-10-20-13)19-8-6-18-7-9-19/h1-5,10,15,18H,6-9H2/t15-/m0/s1. The van der Waals surface area contributed by atoms with Gasteiger partial charge < -0.3 is 5.32 Å². The van der Waals surface area contributed by atoms with Crippen LogP contribution in [0.15, 0.2) is 35.7 Å². The lowest BCUT2D eigenvalue weighted by atomic mass is 10.0. The Morgan fingerprint density at radius 2 is 2.00 bits per heavy atom. The molecular weight excluding hydrogens is 295 g/mol. The predicted molar refractivity (Wildman–Crippen MR) is 82.0 cm³/mol. The van der Waals surface area contributed by atoms with Gasteiger partial charge in [0.05, 0.1) is 6.04 Å². The molecule has 0 bridgehead atoms. The molecule has 0 saturated carbocycles. The van der Waals surface area contributed by atoms with Crippen LogP contribution in [0.2, 0.25) is 5.02 Å². The van der Waals surface area contributed by atoms with Crippen molar-refractivity contribution in [3.05, 3.63) is 57.0 Å². The van der Waals surface area contributed by atoms with Gasteiger partial charge in [-0.05, 0) is 23.6 Å². The van der Waals surface area contributed by atoms with Gasteiger partial charge in [0.25, 0.3) is 0 Å². The fourth-order valence-corrected chi connectivity index (χ4v) is 3.80. The zero-order valence-electron chi connectivity index (χ0n) is 11.0. The summed E-state index contributed by atoms with van der Waals surface area (Å²) in [5.41, 5.74) is 0.596. The van der Waals surface area contributed by atoms with Gasteiger partial charge in [0, 0.05) is 41.6 Å². The van der Waals surface area contributed by atoms with E-state index in [1.54, 1.807) is 23.5 Å². The smallest absolute Gasteiger partial charge is 0.129 e. The molecule has 1 saturated heterocycles. The highest BCUT2D eigenvalue weighted by Crippen LogP contribution is 2.37. The van der Waals surface area contributed by atoms with E-state index in [2.05, 4.69) is 16.3 Å². The average Bonchev–Trinajstić information content (AvgIpc) is 2.98. The highest BCUT2D eigenvalue weighted by Gasteiger charge is 2.28. The van der Waals surface area contributed by atoms with Gasteiger partial charge in [-0.1, -0.05) is 23.7 Å². The summed E-state index contributed by atoms with van der Waals surface area (Å²) in [6.45, 7) is 3.64. The second-order valence-electron chi connectivity index (χ2n) is 4.84. The Bertz CT molecular complexity index is 547. The monoisotopic (exact) mass is 310 g/mol. The Kier molecular flexibility index (Phi) is 4.36. The Labute approximate surface area is 127 Å². The number of hydrogen-bond acceptors (Lipinski definition) is 3. The number of rotatable bonds is 3. The molecule has 2 nitrogen and oxygen atoms in total. The van der Waals surface area contributed by atoms with Crippen molar-refractivity contribution in [2.45, 2.75) is 6.04 Å². The second kappa shape index (κ2) is 6.22. The lowest BCUT2D eigenvalue weighted by Crippen LogP contribution is -2.45. The van der Waals surface area contributed by atoms with Crippen molar-refractivity contribution in [3.63, 3.8) is 0 Å². The molecule has 3 rings (SSSR count). The molecule has 1 atom stereocenters. The van der Waals surface area contributed by atoms with E-state index < -0.39 is 0 Å². The molecular formula is C15H16ClFN2S. The van der Waals surface area contributed by atoms with E-state index in [0.717, 1.165) is 31.1 Å². The first-order valence-corrected chi connectivity index (χ1v) is 7.95. The minimum absolute atomic E-state index is 0.0919. The van der Waals surface area contributed by atoms with Crippen molar-refractivity contribution in [1.29, 1.82) is 0 Å². The van der Waals surface area contributed by atoms with Crippen LogP contribution in [-0.4, -0.2) is 31.1 Å². The summed E-state index contributed by atoms with van der Waals surface area (Å²) >= 11 is 7.93. The number of piperazine rings is 1. The number of hydrogen-bond donors (Lipinski definition) is 1. The van der Waals surface area contributed by atoms with Gasteiger partial charge in [0.1, 0.15) is 5.82 Å². The van der Waals surface area contributed by atoms with Crippen molar-refractivity contribution in [2.24, 2.45) is 0 Å². The first-order chi connectivity index (χ1) is 9.77. The summed E-state index contributed by atoms with van der Waals surface area (Å²) in [6, 6.07) is 8.88. The molecule has 1 fully saturated rings. The van der Waals surface area contributed by atoms with E-state index >= 15 is 0 Å². The third-order valence-electron chi connectivity index (χ3n) is 3.60. The molecule has 1 aliphatic heterocycles. The summed E-state index contributed by atoms with van der Waals surface area (Å²) in [5.74, 6) is -0.227. The third kappa shape index (κ3) is 2.74. The van der Waals surface area contributed by atoms with Gasteiger partial charge in [0.15, 0.2) is 0 Å². The largest absolute Gasteiger partial charge is 0.314 e. The molecule has 20 heavy (non-hydrogen) atoms. The van der Waals surface area contributed by atoms with Crippen LogP contribution in [0.1, 0.15) is 16.5 Å². The average molecular weight is 311 g/mol. The lowest BCUT2D eigenvalue weighted by Gasteiger charge is -2.35. The quantitative estimate of drug-likeness (QED) is 0.933. The van der Waals surface area contributed by atoms with Gasteiger partial charge in [-0.15, -0.1) is 11.3 Å². The Morgan fingerprint density at radius 1 is 1.20 bits per heavy atom.